The van der Waals surface area contributed by atoms with E-state index in [0.717, 1.165) is 11.1 Å². The molecule has 0 aromatic heterocycles. The van der Waals surface area contributed by atoms with Crippen molar-refractivity contribution in [2.75, 3.05) is 11.9 Å². The van der Waals surface area contributed by atoms with Crippen LogP contribution in [0.4, 0.5) is 5.69 Å². The number of Topliss-reactive ketones (excluding diaryl/α,β-unsaturated/α-hetero) is 2. The summed E-state index contributed by atoms with van der Waals surface area (Å²) in [6.45, 7) is 3.48. The number of carbonyl (C=O) groups is 4. The number of hydrogen-bond acceptors (Lipinski definition) is 7. The molecule has 1 amide bonds. The van der Waals surface area contributed by atoms with Gasteiger partial charge in [-0.05, 0) is 72.2 Å². The van der Waals surface area contributed by atoms with Gasteiger partial charge < -0.3 is 19.7 Å². The van der Waals surface area contributed by atoms with Crippen LogP contribution in [-0.4, -0.2) is 41.0 Å². The molecule has 0 radical (unpaired) electrons. The molecule has 0 saturated carbocycles. The lowest BCUT2D eigenvalue weighted by Crippen LogP contribution is -2.49. The highest BCUT2D eigenvalue weighted by molar-refractivity contribution is 6.17. The second kappa shape index (κ2) is 10.9. The van der Waals surface area contributed by atoms with E-state index in [1.165, 1.54) is 6.92 Å². The van der Waals surface area contributed by atoms with Crippen LogP contribution in [-0.2, 0) is 15.0 Å². The van der Waals surface area contributed by atoms with Gasteiger partial charge in [0, 0.05) is 24.4 Å². The van der Waals surface area contributed by atoms with Crippen LogP contribution in [0.25, 0.3) is 6.08 Å². The summed E-state index contributed by atoms with van der Waals surface area (Å²) in [6.07, 6.45) is 3.75. The fourth-order valence-corrected chi connectivity index (χ4v) is 7.31. The quantitative estimate of drug-likeness (QED) is 0.158. The van der Waals surface area contributed by atoms with Crippen LogP contribution in [0.2, 0.25) is 0 Å². The van der Waals surface area contributed by atoms with E-state index in [0.29, 0.717) is 40.5 Å². The summed E-state index contributed by atoms with van der Waals surface area (Å²) in [5.41, 5.74) is 2.22. The minimum Gasteiger partial charge on any atom is -0.493 e. The van der Waals surface area contributed by atoms with Gasteiger partial charge in [-0.1, -0.05) is 54.6 Å². The van der Waals surface area contributed by atoms with Crippen LogP contribution >= 0.6 is 0 Å². The molecule has 0 unspecified atom stereocenters. The molecule has 1 fully saturated rings. The number of anilines is 1. The van der Waals surface area contributed by atoms with Gasteiger partial charge in [0.05, 0.1) is 24.1 Å². The van der Waals surface area contributed by atoms with E-state index in [-0.39, 0.29) is 17.5 Å². The number of ether oxygens (including phenoxy) is 2. The lowest BCUT2D eigenvalue weighted by molar-refractivity contribution is -0.131. The van der Waals surface area contributed by atoms with Crippen molar-refractivity contribution < 1.29 is 28.7 Å². The molecule has 0 bridgehead atoms. The van der Waals surface area contributed by atoms with E-state index in [1.54, 1.807) is 48.5 Å². The average molecular weight is 599 g/mol. The predicted octanol–water partition coefficient (Wildman–Crippen LogP) is 5.99. The molecule has 4 aromatic rings. The predicted molar refractivity (Wildman–Crippen MR) is 168 cm³/mol. The third-order valence-electron chi connectivity index (χ3n) is 8.97. The van der Waals surface area contributed by atoms with Gasteiger partial charge >= 0.3 is 5.97 Å². The van der Waals surface area contributed by atoms with Crippen molar-refractivity contribution in [2.45, 2.75) is 31.3 Å². The number of carbonyl (C=O) groups excluding carboxylic acids is 4. The maximum Gasteiger partial charge on any atom is 0.308 e. The van der Waals surface area contributed by atoms with Crippen LogP contribution < -0.4 is 14.8 Å². The van der Waals surface area contributed by atoms with Crippen molar-refractivity contribution in [2.24, 2.45) is 5.92 Å². The topological polar surface area (TPSA) is 102 Å². The van der Waals surface area contributed by atoms with Crippen LogP contribution in [0.5, 0.6) is 11.5 Å². The van der Waals surface area contributed by atoms with Gasteiger partial charge in [-0.15, -0.1) is 0 Å². The SMILES string of the molecule is CCOc1ccccc1C(=O)[C@@H]1[C@H](C(=O)c2ccc(OC(C)=O)cc2)N2C=Cc3ccccc3[C@H]2[C@]12C(=O)Nc1ccccc12. The van der Waals surface area contributed by atoms with E-state index in [2.05, 4.69) is 5.32 Å². The number of para-hydroxylation sites is 2. The Morgan fingerprint density at radius 2 is 1.58 bits per heavy atom. The Hall–Kier alpha value is -5.50. The summed E-state index contributed by atoms with van der Waals surface area (Å²) in [5.74, 6) is -1.95. The van der Waals surface area contributed by atoms with Gasteiger partial charge in [0.25, 0.3) is 0 Å². The smallest absolute Gasteiger partial charge is 0.308 e. The number of nitrogens with one attached hydrogen (secondary N) is 1. The maximum absolute atomic E-state index is 15.1. The first-order valence-electron chi connectivity index (χ1n) is 14.9. The Morgan fingerprint density at radius 1 is 0.867 bits per heavy atom. The highest BCUT2D eigenvalue weighted by Gasteiger charge is 2.70. The Bertz CT molecular complexity index is 1900. The van der Waals surface area contributed by atoms with Gasteiger partial charge in [0.15, 0.2) is 11.6 Å². The Labute approximate surface area is 260 Å². The van der Waals surface area contributed by atoms with Crippen molar-refractivity contribution in [1.29, 1.82) is 0 Å². The zero-order chi connectivity index (χ0) is 31.3. The molecule has 4 aromatic carbocycles. The number of fused-ring (bicyclic) bond motifs is 6. The summed E-state index contributed by atoms with van der Waals surface area (Å²) >= 11 is 0. The highest BCUT2D eigenvalue weighted by atomic mass is 16.5. The third kappa shape index (κ3) is 4.28. The minimum absolute atomic E-state index is 0.300. The molecule has 7 rings (SSSR count). The number of hydrogen-bond donors (Lipinski definition) is 1. The van der Waals surface area contributed by atoms with Crippen LogP contribution in [0.1, 0.15) is 57.3 Å². The maximum atomic E-state index is 15.1. The number of amides is 1. The number of esters is 1. The lowest BCUT2D eigenvalue weighted by Gasteiger charge is -2.38. The molecule has 0 aliphatic carbocycles. The normalized spacial score (nSPS) is 22.3. The second-order valence-corrected chi connectivity index (χ2v) is 11.4. The molecule has 1 spiro atoms. The van der Waals surface area contributed by atoms with Gasteiger partial charge in [-0.2, -0.15) is 0 Å². The molecule has 45 heavy (non-hydrogen) atoms. The lowest BCUT2D eigenvalue weighted by atomic mass is 9.62. The van der Waals surface area contributed by atoms with E-state index in [1.807, 2.05) is 72.6 Å². The van der Waals surface area contributed by atoms with Crippen molar-refractivity contribution in [3.8, 4) is 11.5 Å². The number of rotatable bonds is 7. The molecule has 3 heterocycles. The molecule has 8 heteroatoms. The molecule has 1 N–H and O–H groups in total. The molecule has 1 saturated heterocycles. The number of benzene rings is 4. The van der Waals surface area contributed by atoms with E-state index in [9.17, 15) is 14.4 Å². The number of ketones is 2. The van der Waals surface area contributed by atoms with Crippen molar-refractivity contribution in [3.05, 3.63) is 131 Å². The number of nitrogens with zero attached hydrogens (tertiary/aromatic N) is 1. The van der Waals surface area contributed by atoms with Gasteiger partial charge in [0.2, 0.25) is 5.91 Å². The summed E-state index contributed by atoms with van der Waals surface area (Å²) in [7, 11) is 0. The summed E-state index contributed by atoms with van der Waals surface area (Å²) in [5, 5.41) is 3.06. The van der Waals surface area contributed by atoms with Crippen molar-refractivity contribution in [1.82, 2.24) is 4.90 Å². The van der Waals surface area contributed by atoms with Gasteiger partial charge in [-0.3, -0.25) is 19.2 Å². The zero-order valence-electron chi connectivity index (χ0n) is 24.7. The first kappa shape index (κ1) is 28.3. The zero-order valence-corrected chi connectivity index (χ0v) is 24.7. The van der Waals surface area contributed by atoms with E-state index in [4.69, 9.17) is 9.47 Å². The Kier molecular flexibility index (Phi) is 6.85. The monoisotopic (exact) mass is 598 g/mol. The fourth-order valence-electron chi connectivity index (χ4n) is 7.31. The summed E-state index contributed by atoms with van der Waals surface area (Å²) in [6, 6.07) is 26.7. The molecule has 3 aliphatic heterocycles. The average Bonchev–Trinajstić information content (AvgIpc) is 3.53. The van der Waals surface area contributed by atoms with Crippen LogP contribution in [0.15, 0.2) is 103 Å². The third-order valence-corrected chi connectivity index (χ3v) is 8.97. The standard InChI is InChI=1S/C37H30N2O6/c1-3-44-30-15-9-6-12-27(30)34(42)31-32(33(41)24-16-18-25(19-17-24)45-22(2)40)39-21-20-23-10-4-5-11-26(23)35(39)37(31)28-13-7-8-14-29(28)38-36(37)43/h4-21,31-32,35H,3H2,1-2H3,(H,38,43)/t31-,32+,35-,37+/m0/s1. The summed E-state index contributed by atoms with van der Waals surface area (Å²) < 4.78 is 11.1. The summed E-state index contributed by atoms with van der Waals surface area (Å²) in [4.78, 5) is 57.9. The van der Waals surface area contributed by atoms with Crippen molar-refractivity contribution in [3.63, 3.8) is 0 Å². The largest absolute Gasteiger partial charge is 0.493 e. The Balaban J connectivity index is 1.49. The molecule has 8 nitrogen and oxygen atoms in total. The van der Waals surface area contributed by atoms with Crippen LogP contribution in [0, 0.1) is 5.92 Å². The van der Waals surface area contributed by atoms with Crippen LogP contribution in [0.3, 0.4) is 0 Å². The highest BCUT2D eigenvalue weighted by Crippen LogP contribution is 2.62. The minimum atomic E-state index is -1.45. The first-order valence-corrected chi connectivity index (χ1v) is 14.9. The fraction of sp³-hybridized carbons (Fsp3) is 0.189. The molecular weight excluding hydrogens is 568 g/mol. The molecule has 4 atom stereocenters. The van der Waals surface area contributed by atoms with Crippen molar-refractivity contribution >= 4 is 35.2 Å². The first-order chi connectivity index (χ1) is 21.9. The molecular formula is C37H30N2O6. The van der Waals surface area contributed by atoms with E-state index < -0.39 is 29.4 Å². The van der Waals surface area contributed by atoms with E-state index >= 15 is 4.79 Å². The molecule has 3 aliphatic rings. The second-order valence-electron chi connectivity index (χ2n) is 11.4. The van der Waals surface area contributed by atoms with Gasteiger partial charge in [-0.25, -0.2) is 0 Å². The Morgan fingerprint density at radius 3 is 2.36 bits per heavy atom. The molecule has 224 valence electrons. The van der Waals surface area contributed by atoms with Gasteiger partial charge in [0.1, 0.15) is 23.0 Å².